The van der Waals surface area contributed by atoms with Crippen LogP contribution in [0, 0.1) is 0 Å². The summed E-state index contributed by atoms with van der Waals surface area (Å²) >= 11 is 0. The molecular formula is C31H37NO10. The Morgan fingerprint density at radius 1 is 1.05 bits per heavy atom. The summed E-state index contributed by atoms with van der Waals surface area (Å²) in [6.07, 6.45) is 1.71. The van der Waals surface area contributed by atoms with E-state index in [0.717, 1.165) is 30.6 Å². The summed E-state index contributed by atoms with van der Waals surface area (Å²) in [6, 6.07) is 2.72. The van der Waals surface area contributed by atoms with E-state index in [4.69, 9.17) is 37.9 Å². The van der Waals surface area contributed by atoms with E-state index in [2.05, 4.69) is 0 Å². The number of fused-ring (bicyclic) bond motifs is 3. The predicted molar refractivity (Wildman–Crippen MR) is 149 cm³/mol. The van der Waals surface area contributed by atoms with Crippen molar-refractivity contribution in [2.45, 2.75) is 70.3 Å². The Balaban J connectivity index is 1.56. The van der Waals surface area contributed by atoms with Crippen molar-refractivity contribution in [2.24, 2.45) is 0 Å². The first-order valence-electron chi connectivity index (χ1n) is 14.2. The second kappa shape index (κ2) is 10.8. The maximum absolute atomic E-state index is 13.8. The predicted octanol–water partition coefficient (Wildman–Crippen LogP) is 4.91. The molecule has 1 amide bonds. The zero-order valence-electron chi connectivity index (χ0n) is 24.9. The summed E-state index contributed by atoms with van der Waals surface area (Å²) in [5.74, 6) is 1.66. The smallest absolute Gasteiger partial charge is 0.410 e. The Bertz CT molecular complexity index is 1410. The van der Waals surface area contributed by atoms with Crippen LogP contribution in [0.5, 0.6) is 28.7 Å². The lowest BCUT2D eigenvalue weighted by Crippen LogP contribution is -2.45. The van der Waals surface area contributed by atoms with E-state index < -0.39 is 29.8 Å². The molecule has 0 bridgehead atoms. The minimum atomic E-state index is -0.885. The van der Waals surface area contributed by atoms with Gasteiger partial charge in [-0.25, -0.2) is 9.59 Å². The van der Waals surface area contributed by atoms with E-state index in [-0.39, 0.29) is 24.2 Å². The topological polar surface area (TPSA) is 111 Å². The van der Waals surface area contributed by atoms with Crippen molar-refractivity contribution in [2.75, 3.05) is 41.3 Å². The van der Waals surface area contributed by atoms with Crippen LogP contribution in [0.1, 0.15) is 78.4 Å². The van der Waals surface area contributed by atoms with Gasteiger partial charge in [-0.1, -0.05) is 6.07 Å². The Hall–Kier alpha value is -3.86. The van der Waals surface area contributed by atoms with Gasteiger partial charge >= 0.3 is 12.1 Å². The summed E-state index contributed by atoms with van der Waals surface area (Å²) in [7, 11) is 4.54. The third-order valence-electron chi connectivity index (χ3n) is 8.16. The van der Waals surface area contributed by atoms with Crippen molar-refractivity contribution >= 4 is 12.1 Å². The fourth-order valence-corrected chi connectivity index (χ4v) is 6.51. The summed E-state index contributed by atoms with van der Waals surface area (Å²) in [5.41, 5.74) is 2.73. The molecule has 0 aromatic heterocycles. The van der Waals surface area contributed by atoms with Crippen LogP contribution in [0.2, 0.25) is 0 Å². The third kappa shape index (κ3) is 4.63. The summed E-state index contributed by atoms with van der Waals surface area (Å²) < 4.78 is 47.0. The molecule has 0 N–H and O–H groups in total. The molecular weight excluding hydrogens is 546 g/mol. The fraction of sp³-hybridized carbons (Fsp3) is 0.548. The van der Waals surface area contributed by atoms with E-state index in [9.17, 15) is 9.59 Å². The average Bonchev–Trinajstić information content (AvgIpc) is 3.72. The van der Waals surface area contributed by atoms with Crippen LogP contribution >= 0.6 is 0 Å². The first-order chi connectivity index (χ1) is 20.2. The Morgan fingerprint density at radius 3 is 2.48 bits per heavy atom. The molecule has 11 heteroatoms. The first-order valence-corrected chi connectivity index (χ1v) is 14.2. The highest BCUT2D eigenvalue weighted by Crippen LogP contribution is 2.57. The standard InChI is InChI=1S/C31H37NO10/c1-31(2,3)42-30(34)32-12-11-17-19(14-16-8-7-13-38-16)25-28(40-15-39-25)27(37-6)21(17)23(32)24-18-9-10-20(35-4)26(36-5)22(18)29(33)41-24/h9-10,16,23-24H,7-8,11-15H2,1-6H3/t16?,23-,24+/m1/s1. The molecule has 0 radical (unpaired) electrons. The molecule has 4 aliphatic heterocycles. The normalized spacial score (nSPS) is 22.4. The number of ether oxygens (including phenoxy) is 8. The van der Waals surface area contributed by atoms with Crippen LogP contribution in [0.15, 0.2) is 12.1 Å². The molecule has 2 aromatic carbocycles. The van der Waals surface area contributed by atoms with Crippen LogP contribution in [0.3, 0.4) is 0 Å². The van der Waals surface area contributed by atoms with Gasteiger partial charge in [0.25, 0.3) is 0 Å². The average molecular weight is 584 g/mol. The van der Waals surface area contributed by atoms with Gasteiger partial charge in [0.2, 0.25) is 12.5 Å². The van der Waals surface area contributed by atoms with E-state index >= 15 is 0 Å². The number of cyclic esters (lactones) is 1. The Morgan fingerprint density at radius 2 is 1.81 bits per heavy atom. The van der Waals surface area contributed by atoms with Crippen LogP contribution in [0.4, 0.5) is 4.79 Å². The minimum Gasteiger partial charge on any atom is -0.493 e. The van der Waals surface area contributed by atoms with E-state index in [1.54, 1.807) is 24.1 Å². The number of methoxy groups -OCH3 is 3. The molecule has 3 atom stereocenters. The zero-order valence-corrected chi connectivity index (χ0v) is 24.9. The van der Waals surface area contributed by atoms with Gasteiger partial charge in [0, 0.05) is 36.3 Å². The maximum atomic E-state index is 13.8. The fourth-order valence-electron chi connectivity index (χ4n) is 6.51. The van der Waals surface area contributed by atoms with Crippen molar-refractivity contribution in [1.82, 2.24) is 4.90 Å². The van der Waals surface area contributed by atoms with Crippen LogP contribution < -0.4 is 23.7 Å². The molecule has 0 spiro atoms. The number of carbonyl (C=O) groups excluding carboxylic acids is 2. The molecule has 226 valence electrons. The van der Waals surface area contributed by atoms with Crippen molar-refractivity contribution < 1.29 is 47.5 Å². The van der Waals surface area contributed by atoms with Gasteiger partial charge in [0.15, 0.2) is 29.1 Å². The highest BCUT2D eigenvalue weighted by Gasteiger charge is 2.50. The summed E-state index contributed by atoms with van der Waals surface area (Å²) in [6.45, 7) is 6.54. The number of carbonyl (C=O) groups is 2. The van der Waals surface area contributed by atoms with Crippen LogP contribution in [-0.2, 0) is 27.1 Å². The molecule has 4 aliphatic rings. The Labute approximate surface area is 244 Å². The number of hydrogen-bond acceptors (Lipinski definition) is 10. The second-order valence-electron chi connectivity index (χ2n) is 11.8. The van der Waals surface area contributed by atoms with Crippen molar-refractivity contribution in [3.05, 3.63) is 39.9 Å². The SMILES string of the molecule is COc1ccc2c(c1OC)C(=O)O[C@@H]2[C@H]1c2c(c(CC3CCCO3)c3c(c2OC)OCO3)CCN1C(=O)OC(C)(C)C. The quantitative estimate of drug-likeness (QED) is 0.435. The lowest BCUT2D eigenvalue weighted by atomic mass is 9.81. The highest BCUT2D eigenvalue weighted by molar-refractivity contribution is 5.98. The second-order valence-corrected chi connectivity index (χ2v) is 11.8. The molecule has 6 rings (SSSR count). The largest absolute Gasteiger partial charge is 0.493 e. The molecule has 0 aliphatic carbocycles. The van der Waals surface area contributed by atoms with Gasteiger partial charge in [0.05, 0.1) is 27.4 Å². The number of rotatable bonds is 6. The van der Waals surface area contributed by atoms with Gasteiger partial charge in [-0.2, -0.15) is 0 Å². The lowest BCUT2D eigenvalue weighted by molar-refractivity contribution is -0.0196. The molecule has 11 nitrogen and oxygen atoms in total. The van der Waals surface area contributed by atoms with Gasteiger partial charge in [-0.15, -0.1) is 0 Å². The molecule has 2 aromatic rings. The number of nitrogens with zero attached hydrogens (tertiary/aromatic N) is 1. The number of hydrogen-bond donors (Lipinski definition) is 0. The number of amides is 1. The summed E-state index contributed by atoms with van der Waals surface area (Å²) in [4.78, 5) is 28.9. The molecule has 0 saturated carbocycles. The van der Waals surface area contributed by atoms with Crippen LogP contribution in [0.25, 0.3) is 0 Å². The number of benzene rings is 2. The molecule has 1 fully saturated rings. The minimum absolute atomic E-state index is 0.0416. The zero-order chi connectivity index (χ0) is 29.8. The molecule has 1 unspecified atom stereocenters. The van der Waals surface area contributed by atoms with Gasteiger partial charge in [-0.05, 0) is 51.7 Å². The van der Waals surface area contributed by atoms with E-state index in [0.29, 0.717) is 53.5 Å². The van der Waals surface area contributed by atoms with Gasteiger partial charge < -0.3 is 37.9 Å². The van der Waals surface area contributed by atoms with Gasteiger partial charge in [0.1, 0.15) is 17.2 Å². The third-order valence-corrected chi connectivity index (χ3v) is 8.16. The van der Waals surface area contributed by atoms with Crippen molar-refractivity contribution in [3.63, 3.8) is 0 Å². The Kier molecular flexibility index (Phi) is 7.24. The first kappa shape index (κ1) is 28.3. The van der Waals surface area contributed by atoms with Gasteiger partial charge in [-0.3, -0.25) is 4.90 Å². The number of esters is 1. The van der Waals surface area contributed by atoms with Crippen LogP contribution in [-0.4, -0.2) is 69.9 Å². The van der Waals surface area contributed by atoms with E-state index in [1.165, 1.54) is 14.2 Å². The van der Waals surface area contributed by atoms with Crippen molar-refractivity contribution in [1.29, 1.82) is 0 Å². The van der Waals surface area contributed by atoms with E-state index in [1.807, 2.05) is 20.8 Å². The summed E-state index contributed by atoms with van der Waals surface area (Å²) in [5, 5.41) is 0. The highest BCUT2D eigenvalue weighted by atomic mass is 16.7. The molecule has 1 saturated heterocycles. The monoisotopic (exact) mass is 583 g/mol. The molecule has 4 heterocycles. The molecule has 42 heavy (non-hydrogen) atoms. The maximum Gasteiger partial charge on any atom is 0.410 e. The van der Waals surface area contributed by atoms with Crippen molar-refractivity contribution in [3.8, 4) is 28.7 Å². The lowest BCUT2D eigenvalue weighted by Gasteiger charge is -2.41.